The van der Waals surface area contributed by atoms with E-state index in [1.165, 1.54) is 6.07 Å². The van der Waals surface area contributed by atoms with Crippen LogP contribution in [0.4, 0.5) is 0 Å². The van der Waals surface area contributed by atoms with Crippen molar-refractivity contribution in [3.05, 3.63) is 46.3 Å². The molecule has 0 aliphatic carbocycles. The molecule has 0 aliphatic heterocycles. The summed E-state index contributed by atoms with van der Waals surface area (Å²) < 4.78 is 4.99. The summed E-state index contributed by atoms with van der Waals surface area (Å²) in [6.07, 6.45) is 0.479. The number of benzene rings is 1. The van der Waals surface area contributed by atoms with Crippen molar-refractivity contribution in [1.29, 1.82) is 5.26 Å². The van der Waals surface area contributed by atoms with E-state index < -0.39 is 5.38 Å². The van der Waals surface area contributed by atoms with E-state index in [9.17, 15) is 4.79 Å². The van der Waals surface area contributed by atoms with Crippen LogP contribution in [0.3, 0.4) is 0 Å². The maximum Gasteiger partial charge on any atom is 0.336 e. The SMILES string of the molecule is N#CC(Cl)Cc1ccc2oc(=O)ccc2c1. The number of nitriles is 1. The molecule has 1 unspecified atom stereocenters. The summed E-state index contributed by atoms with van der Waals surface area (Å²) in [6, 6.07) is 10.4. The Balaban J connectivity index is 2.41. The van der Waals surface area contributed by atoms with Gasteiger partial charge in [-0.1, -0.05) is 6.07 Å². The first-order valence-electron chi connectivity index (χ1n) is 4.75. The molecule has 0 bridgehead atoms. The third-order valence-electron chi connectivity index (χ3n) is 2.24. The second-order valence-electron chi connectivity index (χ2n) is 3.43. The Morgan fingerprint density at radius 1 is 1.38 bits per heavy atom. The lowest BCUT2D eigenvalue weighted by atomic mass is 10.1. The van der Waals surface area contributed by atoms with Gasteiger partial charge in [0.2, 0.25) is 0 Å². The molecule has 0 aliphatic rings. The van der Waals surface area contributed by atoms with E-state index in [-0.39, 0.29) is 5.63 Å². The molecule has 0 amide bonds. The lowest BCUT2D eigenvalue weighted by Gasteiger charge is -2.02. The van der Waals surface area contributed by atoms with Crippen molar-refractivity contribution >= 4 is 22.6 Å². The van der Waals surface area contributed by atoms with Crippen molar-refractivity contribution in [2.75, 3.05) is 0 Å². The Labute approximate surface area is 96.9 Å². The van der Waals surface area contributed by atoms with Gasteiger partial charge in [-0.2, -0.15) is 5.26 Å². The lowest BCUT2D eigenvalue weighted by Crippen LogP contribution is -2.00. The van der Waals surface area contributed by atoms with Gasteiger partial charge in [0.25, 0.3) is 0 Å². The number of fused-ring (bicyclic) bond motifs is 1. The van der Waals surface area contributed by atoms with E-state index in [0.29, 0.717) is 12.0 Å². The Hall–Kier alpha value is -1.79. The molecule has 1 aromatic carbocycles. The van der Waals surface area contributed by atoms with Gasteiger partial charge in [0.05, 0.1) is 6.07 Å². The third-order valence-corrected chi connectivity index (χ3v) is 2.49. The number of rotatable bonds is 2. The van der Waals surface area contributed by atoms with Gasteiger partial charge in [-0.15, -0.1) is 11.6 Å². The second kappa shape index (κ2) is 4.38. The molecular formula is C12H8ClNO2. The maximum absolute atomic E-state index is 11.0. The number of hydrogen-bond donors (Lipinski definition) is 0. The Kier molecular flexibility index (Phi) is 2.93. The molecule has 4 heteroatoms. The largest absolute Gasteiger partial charge is 0.423 e. The molecule has 2 rings (SSSR count). The fourth-order valence-corrected chi connectivity index (χ4v) is 1.68. The minimum absolute atomic E-state index is 0.368. The van der Waals surface area contributed by atoms with Crippen molar-refractivity contribution < 1.29 is 4.42 Å². The van der Waals surface area contributed by atoms with E-state index >= 15 is 0 Å². The van der Waals surface area contributed by atoms with Crippen LogP contribution >= 0.6 is 11.6 Å². The summed E-state index contributed by atoms with van der Waals surface area (Å²) in [7, 11) is 0. The number of nitrogens with zero attached hydrogens (tertiary/aromatic N) is 1. The highest BCUT2D eigenvalue weighted by Gasteiger charge is 2.05. The molecule has 2 aromatic rings. The third kappa shape index (κ3) is 2.23. The van der Waals surface area contributed by atoms with E-state index in [1.54, 1.807) is 18.2 Å². The van der Waals surface area contributed by atoms with Crippen LogP contribution in [0.1, 0.15) is 5.56 Å². The van der Waals surface area contributed by atoms with Crippen LogP contribution in [-0.4, -0.2) is 5.38 Å². The Morgan fingerprint density at radius 3 is 2.94 bits per heavy atom. The monoisotopic (exact) mass is 233 g/mol. The first-order chi connectivity index (χ1) is 7.69. The maximum atomic E-state index is 11.0. The van der Waals surface area contributed by atoms with Crippen molar-refractivity contribution in [3.63, 3.8) is 0 Å². The topological polar surface area (TPSA) is 54.0 Å². The molecule has 0 N–H and O–H groups in total. The van der Waals surface area contributed by atoms with Gasteiger partial charge in [-0.05, 0) is 23.8 Å². The van der Waals surface area contributed by atoms with Crippen LogP contribution in [0.15, 0.2) is 39.5 Å². The zero-order valence-electron chi connectivity index (χ0n) is 8.31. The van der Waals surface area contributed by atoms with Crippen LogP contribution in [0.5, 0.6) is 0 Å². The molecule has 80 valence electrons. The summed E-state index contributed by atoms with van der Waals surface area (Å²) in [5.74, 6) is 0. The normalized spacial score (nSPS) is 12.2. The van der Waals surface area contributed by atoms with Gasteiger partial charge in [0.15, 0.2) is 0 Å². The average molecular weight is 234 g/mol. The van der Waals surface area contributed by atoms with Crippen LogP contribution in [0.25, 0.3) is 11.0 Å². The van der Waals surface area contributed by atoms with Crippen molar-refractivity contribution in [2.45, 2.75) is 11.8 Å². The molecule has 0 spiro atoms. The van der Waals surface area contributed by atoms with Gasteiger partial charge < -0.3 is 4.42 Å². The Morgan fingerprint density at radius 2 is 2.19 bits per heavy atom. The molecule has 16 heavy (non-hydrogen) atoms. The molecule has 0 saturated heterocycles. The fourth-order valence-electron chi connectivity index (χ4n) is 1.50. The number of halogens is 1. The summed E-state index contributed by atoms with van der Waals surface area (Å²) in [5, 5.41) is 8.90. The molecule has 3 nitrogen and oxygen atoms in total. The first kappa shape index (κ1) is 10.7. The van der Waals surface area contributed by atoms with Crippen LogP contribution in [0.2, 0.25) is 0 Å². The van der Waals surface area contributed by atoms with Crippen LogP contribution < -0.4 is 5.63 Å². The average Bonchev–Trinajstić information content (AvgIpc) is 2.29. The minimum atomic E-state index is -0.534. The highest BCUT2D eigenvalue weighted by molar-refractivity contribution is 6.22. The lowest BCUT2D eigenvalue weighted by molar-refractivity contribution is 0.561. The standard InChI is InChI=1S/C12H8ClNO2/c13-10(7-14)6-8-1-3-11-9(5-8)2-4-12(15)16-11/h1-5,10H,6H2. The van der Waals surface area contributed by atoms with E-state index in [1.807, 2.05) is 12.1 Å². The summed E-state index contributed by atoms with van der Waals surface area (Å²) in [5.41, 5.74) is 1.12. The van der Waals surface area contributed by atoms with Gasteiger partial charge >= 0.3 is 5.63 Å². The zero-order valence-corrected chi connectivity index (χ0v) is 9.07. The summed E-state index contributed by atoms with van der Waals surface area (Å²) >= 11 is 5.74. The van der Waals surface area contributed by atoms with Crippen molar-refractivity contribution in [1.82, 2.24) is 0 Å². The van der Waals surface area contributed by atoms with E-state index in [4.69, 9.17) is 21.3 Å². The van der Waals surface area contributed by atoms with Gasteiger partial charge in [0.1, 0.15) is 11.0 Å². The molecular weight excluding hydrogens is 226 g/mol. The second-order valence-corrected chi connectivity index (χ2v) is 3.95. The molecule has 1 aromatic heterocycles. The Bertz CT molecular complexity index is 612. The molecule has 1 heterocycles. The van der Waals surface area contributed by atoms with Gasteiger partial charge in [0, 0.05) is 17.9 Å². The predicted octanol–water partition coefficient (Wildman–Crippen LogP) is 2.47. The first-order valence-corrected chi connectivity index (χ1v) is 5.19. The van der Waals surface area contributed by atoms with Gasteiger partial charge in [-0.25, -0.2) is 4.79 Å². The molecule has 0 fully saturated rings. The highest BCUT2D eigenvalue weighted by atomic mass is 35.5. The number of hydrogen-bond acceptors (Lipinski definition) is 3. The quantitative estimate of drug-likeness (QED) is 0.591. The smallest absolute Gasteiger partial charge is 0.336 e. The van der Waals surface area contributed by atoms with E-state index in [2.05, 4.69) is 0 Å². The van der Waals surface area contributed by atoms with Crippen LogP contribution in [0, 0.1) is 11.3 Å². The molecule has 0 saturated carbocycles. The fraction of sp³-hybridized carbons (Fsp3) is 0.167. The van der Waals surface area contributed by atoms with Crippen molar-refractivity contribution in [2.24, 2.45) is 0 Å². The molecule has 1 atom stereocenters. The van der Waals surface area contributed by atoms with Crippen LogP contribution in [-0.2, 0) is 6.42 Å². The predicted molar refractivity (Wildman–Crippen MR) is 61.4 cm³/mol. The van der Waals surface area contributed by atoms with Crippen molar-refractivity contribution in [3.8, 4) is 6.07 Å². The summed E-state index contributed by atoms with van der Waals surface area (Å²) in [4.78, 5) is 11.0. The van der Waals surface area contributed by atoms with E-state index in [0.717, 1.165) is 10.9 Å². The summed E-state index contributed by atoms with van der Waals surface area (Å²) in [6.45, 7) is 0. The number of alkyl halides is 1. The molecule has 0 radical (unpaired) electrons. The van der Waals surface area contributed by atoms with Gasteiger partial charge in [-0.3, -0.25) is 0 Å². The highest BCUT2D eigenvalue weighted by Crippen LogP contribution is 2.16. The zero-order chi connectivity index (χ0) is 11.5. The minimum Gasteiger partial charge on any atom is -0.423 e.